The lowest BCUT2D eigenvalue weighted by Crippen LogP contribution is -2.84. The van der Waals surface area contributed by atoms with Gasteiger partial charge in [0.05, 0.1) is 0 Å². The molecule has 2 aromatic carbocycles. The van der Waals surface area contributed by atoms with Gasteiger partial charge in [0.2, 0.25) is 0 Å². The van der Waals surface area contributed by atoms with Crippen molar-refractivity contribution in [1.82, 2.24) is 10.6 Å². The average Bonchev–Trinajstić information content (AvgIpc) is 2.67. The maximum absolute atomic E-state index is 13.1. The molecule has 0 atom stereocenters. The molecular formula is C21H18F4N2O4. The van der Waals surface area contributed by atoms with E-state index >= 15 is 0 Å². The molecule has 0 spiro atoms. The van der Waals surface area contributed by atoms with Gasteiger partial charge in [0.15, 0.2) is 36.5 Å². The topological polar surface area (TPSA) is 76.7 Å². The lowest BCUT2D eigenvalue weighted by Gasteiger charge is -2.70. The Bertz CT molecular complexity index is 947. The monoisotopic (exact) mass is 438 g/mol. The number of amides is 2. The fourth-order valence-electron chi connectivity index (χ4n) is 4.15. The number of nitrogens with one attached hydrogen (secondary N) is 2. The molecule has 0 saturated heterocycles. The Balaban J connectivity index is 1.17. The summed E-state index contributed by atoms with van der Waals surface area (Å²) in [5.41, 5.74) is -0.856. The van der Waals surface area contributed by atoms with Gasteiger partial charge in [-0.1, -0.05) is 0 Å². The van der Waals surface area contributed by atoms with Crippen molar-refractivity contribution in [2.45, 2.75) is 30.3 Å². The van der Waals surface area contributed by atoms with Crippen LogP contribution >= 0.6 is 0 Å². The van der Waals surface area contributed by atoms with Crippen LogP contribution in [0.25, 0.3) is 0 Å². The number of hydrogen-bond acceptors (Lipinski definition) is 4. The minimum atomic E-state index is -1.07. The van der Waals surface area contributed by atoms with E-state index in [0.717, 1.165) is 24.3 Å². The number of carbonyl (C=O) groups excluding carboxylic acids is 2. The van der Waals surface area contributed by atoms with Gasteiger partial charge in [-0.15, -0.1) is 0 Å². The van der Waals surface area contributed by atoms with Crippen molar-refractivity contribution in [3.05, 3.63) is 59.7 Å². The van der Waals surface area contributed by atoms with Gasteiger partial charge in [-0.05, 0) is 43.5 Å². The fraction of sp³-hybridized carbons (Fsp3) is 0.333. The second-order valence-corrected chi connectivity index (χ2v) is 7.92. The van der Waals surface area contributed by atoms with E-state index < -0.39 is 46.2 Å². The molecule has 2 aromatic rings. The maximum atomic E-state index is 13.1. The molecule has 3 aliphatic carbocycles. The fourth-order valence-corrected chi connectivity index (χ4v) is 4.15. The Labute approximate surface area is 174 Å². The van der Waals surface area contributed by atoms with Crippen molar-refractivity contribution in [1.29, 1.82) is 0 Å². The van der Waals surface area contributed by atoms with Crippen LogP contribution in [0, 0.1) is 23.3 Å². The van der Waals surface area contributed by atoms with Crippen LogP contribution in [0.1, 0.15) is 19.3 Å². The maximum Gasteiger partial charge on any atom is 0.258 e. The molecule has 164 valence electrons. The SMILES string of the molecule is O=C(COc1ccc(F)c(F)c1)NC12CC(NC(=O)COc3ccc(F)c(F)c3)(C1)C2. The minimum Gasteiger partial charge on any atom is -0.484 e. The van der Waals surface area contributed by atoms with Crippen molar-refractivity contribution in [2.24, 2.45) is 0 Å². The molecule has 31 heavy (non-hydrogen) atoms. The zero-order valence-corrected chi connectivity index (χ0v) is 16.1. The lowest BCUT2D eigenvalue weighted by atomic mass is 9.44. The van der Waals surface area contributed by atoms with Crippen LogP contribution < -0.4 is 20.1 Å². The molecule has 6 nitrogen and oxygen atoms in total. The van der Waals surface area contributed by atoms with Gasteiger partial charge in [0.25, 0.3) is 11.8 Å². The summed E-state index contributed by atoms with van der Waals surface area (Å²) in [6, 6.07) is 5.98. The quantitative estimate of drug-likeness (QED) is 0.622. The van der Waals surface area contributed by atoms with E-state index in [1.54, 1.807) is 0 Å². The van der Waals surface area contributed by atoms with Crippen molar-refractivity contribution in [3.8, 4) is 11.5 Å². The summed E-state index contributed by atoms with van der Waals surface area (Å²) in [6.07, 6.45) is 1.61. The van der Waals surface area contributed by atoms with Crippen LogP contribution in [-0.2, 0) is 9.59 Å². The minimum absolute atomic E-state index is 0.0383. The molecule has 10 heteroatoms. The number of carbonyl (C=O) groups is 2. The summed E-state index contributed by atoms with van der Waals surface area (Å²) in [4.78, 5) is 24.1. The van der Waals surface area contributed by atoms with Gasteiger partial charge in [-0.25, -0.2) is 17.6 Å². The largest absolute Gasteiger partial charge is 0.484 e. The zero-order valence-electron chi connectivity index (χ0n) is 16.1. The first-order valence-corrected chi connectivity index (χ1v) is 9.45. The molecule has 3 aliphatic rings. The van der Waals surface area contributed by atoms with Crippen molar-refractivity contribution >= 4 is 11.8 Å². The molecule has 0 unspecified atom stereocenters. The third kappa shape index (κ3) is 4.42. The molecule has 3 saturated carbocycles. The highest BCUT2D eigenvalue weighted by molar-refractivity contribution is 5.81. The van der Waals surface area contributed by atoms with Gasteiger partial charge < -0.3 is 20.1 Å². The number of benzene rings is 2. The molecule has 0 heterocycles. The number of ether oxygens (including phenoxy) is 2. The second kappa shape index (κ2) is 7.75. The predicted molar refractivity (Wildman–Crippen MR) is 99.3 cm³/mol. The first-order valence-electron chi connectivity index (χ1n) is 9.45. The van der Waals surface area contributed by atoms with Crippen LogP contribution in [0.15, 0.2) is 36.4 Å². The van der Waals surface area contributed by atoms with E-state index in [-0.39, 0.29) is 24.7 Å². The summed E-state index contributed by atoms with van der Waals surface area (Å²) >= 11 is 0. The van der Waals surface area contributed by atoms with E-state index in [1.807, 2.05) is 0 Å². The van der Waals surface area contributed by atoms with Gasteiger partial charge in [-0.3, -0.25) is 9.59 Å². The van der Waals surface area contributed by atoms with Crippen molar-refractivity contribution in [2.75, 3.05) is 13.2 Å². The van der Waals surface area contributed by atoms with Gasteiger partial charge in [0.1, 0.15) is 11.5 Å². The highest BCUT2D eigenvalue weighted by Gasteiger charge is 2.69. The first-order chi connectivity index (χ1) is 14.7. The van der Waals surface area contributed by atoms with Crippen LogP contribution in [0.5, 0.6) is 11.5 Å². The molecule has 3 fully saturated rings. The molecule has 2 bridgehead atoms. The molecule has 2 amide bonds. The Morgan fingerprint density at radius 3 is 1.45 bits per heavy atom. The highest BCUT2D eigenvalue weighted by Crippen LogP contribution is 2.60. The number of hydrogen-bond donors (Lipinski definition) is 2. The molecule has 0 aromatic heterocycles. The van der Waals surface area contributed by atoms with E-state index in [4.69, 9.17) is 9.47 Å². The normalized spacial score (nSPS) is 23.2. The summed E-state index contributed by atoms with van der Waals surface area (Å²) in [5.74, 6) is -4.89. The Hall–Kier alpha value is -3.30. The molecular weight excluding hydrogens is 420 g/mol. The summed E-state index contributed by atoms with van der Waals surface area (Å²) < 4.78 is 62.4. The number of halogens is 4. The van der Waals surface area contributed by atoms with E-state index in [1.165, 1.54) is 12.1 Å². The Morgan fingerprint density at radius 1 is 0.710 bits per heavy atom. The van der Waals surface area contributed by atoms with E-state index in [2.05, 4.69) is 10.6 Å². The first kappa shape index (κ1) is 21.0. The second-order valence-electron chi connectivity index (χ2n) is 7.92. The molecule has 2 N–H and O–H groups in total. The summed E-state index contributed by atoms with van der Waals surface area (Å²) in [6.45, 7) is -0.706. The van der Waals surface area contributed by atoms with Gasteiger partial charge >= 0.3 is 0 Å². The standard InChI is InChI=1S/C21H18F4N2O4/c22-14-3-1-12(5-16(14)24)30-7-18(28)26-20-9-21(10-20,11-20)27-19(29)8-31-13-2-4-15(23)17(25)6-13/h1-6H,7-11H2,(H,26,28)(H,27,29). The van der Waals surface area contributed by atoms with Gasteiger partial charge in [-0.2, -0.15) is 0 Å². The molecule has 5 rings (SSSR count). The van der Waals surface area contributed by atoms with E-state index in [9.17, 15) is 27.2 Å². The lowest BCUT2D eigenvalue weighted by molar-refractivity contribution is -0.151. The smallest absolute Gasteiger partial charge is 0.258 e. The average molecular weight is 438 g/mol. The zero-order chi connectivity index (χ0) is 22.2. The highest BCUT2D eigenvalue weighted by atomic mass is 19.2. The van der Waals surface area contributed by atoms with Crippen molar-refractivity contribution < 1.29 is 36.6 Å². The molecule has 0 aliphatic heterocycles. The molecule has 0 radical (unpaired) electrons. The van der Waals surface area contributed by atoms with Crippen LogP contribution in [0.4, 0.5) is 17.6 Å². The van der Waals surface area contributed by atoms with Crippen molar-refractivity contribution in [3.63, 3.8) is 0 Å². The summed E-state index contributed by atoms with van der Waals surface area (Å²) in [7, 11) is 0. The number of rotatable bonds is 8. The van der Waals surface area contributed by atoms with Crippen LogP contribution in [0.2, 0.25) is 0 Å². The predicted octanol–water partition coefficient (Wildman–Crippen LogP) is 2.61. The third-order valence-electron chi connectivity index (χ3n) is 5.36. The van der Waals surface area contributed by atoms with Crippen LogP contribution in [0.3, 0.4) is 0 Å². The Morgan fingerprint density at radius 2 is 1.10 bits per heavy atom. The summed E-state index contributed by atoms with van der Waals surface area (Å²) in [5, 5.41) is 5.66. The van der Waals surface area contributed by atoms with Gasteiger partial charge in [0, 0.05) is 23.2 Å². The third-order valence-corrected chi connectivity index (χ3v) is 5.36. The van der Waals surface area contributed by atoms with Crippen LogP contribution in [-0.4, -0.2) is 36.1 Å². The Kier molecular flexibility index (Phi) is 5.24. The van der Waals surface area contributed by atoms with E-state index in [0.29, 0.717) is 19.3 Å².